The van der Waals surface area contributed by atoms with E-state index in [-0.39, 0.29) is 0 Å². The maximum absolute atomic E-state index is 2.85. The Kier molecular flexibility index (Phi) is 4.69. The summed E-state index contributed by atoms with van der Waals surface area (Å²) in [5, 5.41) is 5.34. The minimum Gasteiger partial charge on any atom is -0.305 e. The number of piperazine rings is 1. The van der Waals surface area contributed by atoms with Crippen molar-refractivity contribution in [3.05, 3.63) is 0 Å². The smallest absolute Gasteiger partial charge is 0.0290 e. The average molecular weight is 307 g/mol. The van der Waals surface area contributed by atoms with Crippen LogP contribution in [0.15, 0.2) is 0 Å². The van der Waals surface area contributed by atoms with Crippen molar-refractivity contribution in [2.24, 2.45) is 0 Å². The highest BCUT2D eigenvalue weighted by Crippen LogP contribution is 2.29. The van der Waals surface area contributed by atoms with Crippen molar-refractivity contribution in [2.45, 2.75) is 37.8 Å². The van der Waals surface area contributed by atoms with Crippen molar-refractivity contribution >= 4 is 0 Å². The molecule has 0 spiro atoms. The van der Waals surface area contributed by atoms with Crippen LogP contribution in [0.25, 0.3) is 0 Å². The predicted octanol–water partition coefficient (Wildman–Crippen LogP) is 0.393. The Morgan fingerprint density at radius 2 is 1.59 bits per heavy atom. The molecular formula is C17H33N5. The summed E-state index contributed by atoms with van der Waals surface area (Å²) in [7, 11) is 2.26. The molecule has 0 radical (unpaired) electrons. The average Bonchev–Trinajstić information content (AvgIpc) is 2.75. The second-order valence-electron chi connectivity index (χ2n) is 7.80. The Hall–Kier alpha value is -0.200. The van der Waals surface area contributed by atoms with E-state index in [1.54, 1.807) is 0 Å². The molecule has 0 N–H and O–H groups in total. The molecule has 0 aromatic rings. The molecule has 0 aromatic heterocycles. The highest BCUT2D eigenvalue weighted by Gasteiger charge is 2.39. The van der Waals surface area contributed by atoms with Gasteiger partial charge in [-0.2, -0.15) is 0 Å². The molecule has 4 aliphatic heterocycles. The molecule has 4 fully saturated rings. The van der Waals surface area contributed by atoms with E-state index >= 15 is 0 Å². The molecule has 0 amide bonds. The minimum absolute atomic E-state index is 0.820. The SMILES string of the molecule is CN1CCCN(N2CCN3C(CN4CCC4)CCC3C2)CC1. The van der Waals surface area contributed by atoms with Crippen LogP contribution in [-0.2, 0) is 0 Å². The Balaban J connectivity index is 1.30. The van der Waals surface area contributed by atoms with Gasteiger partial charge in [-0.05, 0) is 52.4 Å². The quantitative estimate of drug-likeness (QED) is 0.748. The molecule has 4 saturated heterocycles. The molecule has 126 valence electrons. The first-order valence-electron chi connectivity index (χ1n) is 9.46. The van der Waals surface area contributed by atoms with Crippen molar-refractivity contribution in [1.82, 2.24) is 24.7 Å². The topological polar surface area (TPSA) is 16.2 Å². The molecule has 0 saturated carbocycles. The summed E-state index contributed by atoms with van der Waals surface area (Å²) >= 11 is 0. The van der Waals surface area contributed by atoms with Crippen molar-refractivity contribution < 1.29 is 0 Å². The molecular weight excluding hydrogens is 274 g/mol. The van der Waals surface area contributed by atoms with Crippen LogP contribution in [0.5, 0.6) is 0 Å². The number of rotatable bonds is 3. The molecule has 4 aliphatic rings. The highest BCUT2D eigenvalue weighted by atomic mass is 15.6. The lowest BCUT2D eigenvalue weighted by Crippen LogP contribution is -2.59. The van der Waals surface area contributed by atoms with Crippen molar-refractivity contribution in [3.63, 3.8) is 0 Å². The molecule has 4 heterocycles. The summed E-state index contributed by atoms with van der Waals surface area (Å²) < 4.78 is 0. The number of likely N-dealkylation sites (N-methyl/N-ethyl adjacent to an activating group) is 1. The zero-order chi connectivity index (χ0) is 14.9. The number of likely N-dealkylation sites (tertiary alicyclic amines) is 1. The Morgan fingerprint density at radius 1 is 0.773 bits per heavy atom. The lowest BCUT2D eigenvalue weighted by atomic mass is 10.1. The highest BCUT2D eigenvalue weighted by molar-refractivity contribution is 4.94. The fourth-order valence-corrected chi connectivity index (χ4v) is 4.77. The number of hydrazine groups is 1. The van der Waals surface area contributed by atoms with Crippen LogP contribution >= 0.6 is 0 Å². The lowest BCUT2D eigenvalue weighted by molar-refractivity contribution is -0.0746. The first-order valence-corrected chi connectivity index (χ1v) is 9.46. The third-order valence-electron chi connectivity index (χ3n) is 6.32. The van der Waals surface area contributed by atoms with Gasteiger partial charge in [0, 0.05) is 57.9 Å². The first-order chi connectivity index (χ1) is 10.8. The first kappa shape index (κ1) is 15.3. The van der Waals surface area contributed by atoms with Gasteiger partial charge in [-0.15, -0.1) is 0 Å². The van der Waals surface area contributed by atoms with Crippen LogP contribution in [0.2, 0.25) is 0 Å². The Labute approximate surface area is 135 Å². The van der Waals surface area contributed by atoms with Gasteiger partial charge in [-0.3, -0.25) is 4.90 Å². The van der Waals surface area contributed by atoms with Gasteiger partial charge < -0.3 is 9.80 Å². The summed E-state index contributed by atoms with van der Waals surface area (Å²) in [5.41, 5.74) is 0. The maximum atomic E-state index is 2.85. The number of hydrogen-bond acceptors (Lipinski definition) is 5. The molecule has 5 heteroatoms. The largest absolute Gasteiger partial charge is 0.305 e. The molecule has 4 rings (SSSR count). The van der Waals surface area contributed by atoms with Gasteiger partial charge in [-0.1, -0.05) is 0 Å². The second-order valence-corrected chi connectivity index (χ2v) is 7.80. The van der Waals surface area contributed by atoms with Crippen LogP contribution in [0.3, 0.4) is 0 Å². The van der Waals surface area contributed by atoms with Crippen LogP contribution in [0, 0.1) is 0 Å². The van der Waals surface area contributed by atoms with Crippen LogP contribution in [0.4, 0.5) is 0 Å². The van der Waals surface area contributed by atoms with E-state index in [4.69, 9.17) is 0 Å². The number of hydrogen-bond donors (Lipinski definition) is 0. The molecule has 2 atom stereocenters. The monoisotopic (exact) mass is 307 g/mol. The molecule has 0 bridgehead atoms. The molecule has 22 heavy (non-hydrogen) atoms. The summed E-state index contributed by atoms with van der Waals surface area (Å²) in [6.45, 7) is 12.8. The van der Waals surface area contributed by atoms with Gasteiger partial charge in [0.1, 0.15) is 0 Å². The second kappa shape index (κ2) is 6.73. The molecule has 2 unspecified atom stereocenters. The fourth-order valence-electron chi connectivity index (χ4n) is 4.77. The van der Waals surface area contributed by atoms with Crippen LogP contribution < -0.4 is 0 Å². The van der Waals surface area contributed by atoms with Gasteiger partial charge in [0.15, 0.2) is 0 Å². The van der Waals surface area contributed by atoms with Crippen molar-refractivity contribution in [1.29, 1.82) is 0 Å². The van der Waals surface area contributed by atoms with Gasteiger partial charge in [0.05, 0.1) is 0 Å². The lowest BCUT2D eigenvalue weighted by Gasteiger charge is -2.45. The van der Waals surface area contributed by atoms with Crippen molar-refractivity contribution in [2.75, 3.05) is 72.5 Å². The molecule has 5 nitrogen and oxygen atoms in total. The normalized spacial score (nSPS) is 37.0. The Bertz CT molecular complexity index is 372. The summed E-state index contributed by atoms with van der Waals surface area (Å²) in [4.78, 5) is 7.98. The van der Waals surface area contributed by atoms with E-state index in [9.17, 15) is 0 Å². The molecule has 0 aromatic carbocycles. The number of fused-ring (bicyclic) bond motifs is 1. The standard InChI is InChI=1S/C17H33N5/c1-18-6-2-9-20(11-10-18)21-12-13-22-16(4-5-17(22)15-21)14-19-7-3-8-19/h16-17H,2-15H2,1H3. The van der Waals surface area contributed by atoms with E-state index in [1.165, 1.54) is 91.1 Å². The summed E-state index contributed by atoms with van der Waals surface area (Å²) in [6, 6.07) is 1.67. The van der Waals surface area contributed by atoms with E-state index in [0.29, 0.717) is 0 Å². The van der Waals surface area contributed by atoms with Crippen LogP contribution in [-0.4, -0.2) is 109 Å². The zero-order valence-electron chi connectivity index (χ0n) is 14.3. The summed E-state index contributed by atoms with van der Waals surface area (Å²) in [6.07, 6.45) is 5.59. The molecule has 0 aliphatic carbocycles. The maximum Gasteiger partial charge on any atom is 0.0290 e. The van der Waals surface area contributed by atoms with E-state index < -0.39 is 0 Å². The Morgan fingerprint density at radius 3 is 2.41 bits per heavy atom. The zero-order valence-corrected chi connectivity index (χ0v) is 14.3. The van der Waals surface area contributed by atoms with Crippen molar-refractivity contribution in [3.8, 4) is 0 Å². The third-order valence-corrected chi connectivity index (χ3v) is 6.32. The van der Waals surface area contributed by atoms with E-state index in [0.717, 1.165) is 12.1 Å². The van der Waals surface area contributed by atoms with Gasteiger partial charge >= 0.3 is 0 Å². The van der Waals surface area contributed by atoms with E-state index in [1.807, 2.05) is 0 Å². The third kappa shape index (κ3) is 3.20. The minimum atomic E-state index is 0.820. The van der Waals surface area contributed by atoms with Gasteiger partial charge in [0.2, 0.25) is 0 Å². The van der Waals surface area contributed by atoms with E-state index in [2.05, 4.69) is 31.8 Å². The fraction of sp³-hybridized carbons (Fsp3) is 1.00. The van der Waals surface area contributed by atoms with Crippen LogP contribution in [0.1, 0.15) is 25.7 Å². The van der Waals surface area contributed by atoms with Gasteiger partial charge in [0.25, 0.3) is 0 Å². The summed E-state index contributed by atoms with van der Waals surface area (Å²) in [5.74, 6) is 0. The number of nitrogens with zero attached hydrogens (tertiary/aromatic N) is 5. The predicted molar refractivity (Wildman–Crippen MR) is 89.8 cm³/mol. The van der Waals surface area contributed by atoms with Gasteiger partial charge in [-0.25, -0.2) is 10.0 Å².